The lowest BCUT2D eigenvalue weighted by Gasteiger charge is -2.23. The predicted molar refractivity (Wildman–Crippen MR) is 54.9 cm³/mol. The van der Waals surface area contributed by atoms with Gasteiger partial charge in [0.05, 0.1) is 6.61 Å². The normalized spacial score (nSPS) is 26.5. The Morgan fingerprint density at radius 1 is 1.67 bits per heavy atom. The van der Waals surface area contributed by atoms with Crippen LogP contribution in [-0.2, 0) is 4.74 Å². The molecule has 3 heteroatoms. The van der Waals surface area contributed by atoms with Crippen LogP contribution in [0.2, 0.25) is 0 Å². The summed E-state index contributed by atoms with van der Waals surface area (Å²) in [6.07, 6.45) is 2.42. The third kappa shape index (κ3) is 3.42. The average molecular weight is 236 g/mol. The van der Waals surface area contributed by atoms with Gasteiger partial charge in [0.25, 0.3) is 0 Å². The van der Waals surface area contributed by atoms with Crippen LogP contribution in [-0.4, -0.2) is 42.6 Å². The number of likely N-dealkylation sites (N-methyl/N-ethyl adjacent to an activating group) is 1. The van der Waals surface area contributed by atoms with Gasteiger partial charge in [-0.25, -0.2) is 0 Å². The Hall–Kier alpha value is 0.400. The van der Waals surface area contributed by atoms with Crippen LogP contribution >= 0.6 is 15.9 Å². The van der Waals surface area contributed by atoms with Crippen LogP contribution in [0.3, 0.4) is 0 Å². The minimum atomic E-state index is 0.627. The molecule has 0 saturated carbocycles. The second-order valence-corrected chi connectivity index (χ2v) is 5.13. The molecule has 1 aliphatic rings. The molecular formula is C9H18BrNO. The fourth-order valence-corrected chi connectivity index (χ4v) is 1.64. The zero-order chi connectivity index (χ0) is 8.97. The fourth-order valence-electron chi connectivity index (χ4n) is 1.43. The largest absolute Gasteiger partial charge is 0.380 e. The van der Waals surface area contributed by atoms with Gasteiger partial charge in [0.15, 0.2) is 0 Å². The molecule has 0 aromatic carbocycles. The number of ether oxygens (including phenoxy) is 1. The van der Waals surface area contributed by atoms with E-state index in [9.17, 15) is 0 Å². The third-order valence-corrected chi connectivity index (χ3v) is 2.87. The fraction of sp³-hybridized carbons (Fsp3) is 1.00. The van der Waals surface area contributed by atoms with Crippen molar-refractivity contribution < 1.29 is 4.74 Å². The Morgan fingerprint density at radius 3 is 2.92 bits per heavy atom. The molecule has 0 aromatic rings. The second-order valence-electron chi connectivity index (χ2n) is 3.57. The van der Waals surface area contributed by atoms with E-state index in [1.54, 1.807) is 0 Å². The number of hydrogen-bond acceptors (Lipinski definition) is 2. The summed E-state index contributed by atoms with van der Waals surface area (Å²) in [4.78, 5) is 3.03. The molecule has 72 valence electrons. The van der Waals surface area contributed by atoms with E-state index in [0.29, 0.717) is 10.9 Å². The molecule has 1 rings (SSSR count). The van der Waals surface area contributed by atoms with Crippen molar-refractivity contribution in [1.29, 1.82) is 0 Å². The molecule has 1 fully saturated rings. The van der Waals surface area contributed by atoms with Crippen molar-refractivity contribution >= 4 is 15.9 Å². The Balaban J connectivity index is 2.13. The summed E-state index contributed by atoms with van der Waals surface area (Å²) >= 11 is 3.55. The highest BCUT2D eigenvalue weighted by molar-refractivity contribution is 9.09. The van der Waals surface area contributed by atoms with E-state index >= 15 is 0 Å². The molecule has 1 aliphatic heterocycles. The summed E-state index contributed by atoms with van der Waals surface area (Å²) in [6.45, 7) is 5.23. The first-order chi connectivity index (χ1) is 5.70. The number of halogens is 1. The molecule has 2 atom stereocenters. The Kier molecular flexibility index (Phi) is 4.54. The van der Waals surface area contributed by atoms with Crippen LogP contribution in [0.4, 0.5) is 0 Å². The van der Waals surface area contributed by atoms with Crippen LogP contribution in [0.15, 0.2) is 0 Å². The van der Waals surface area contributed by atoms with Crippen molar-refractivity contribution in [2.24, 2.45) is 0 Å². The lowest BCUT2D eigenvalue weighted by atomic mass is 10.2. The second kappa shape index (κ2) is 5.20. The number of alkyl halides is 1. The standard InChI is InChI=1S/C9H18BrNO/c1-8(10)3-5-11(2)9-4-6-12-7-9/h8-9H,3-7H2,1-2H3. The number of rotatable bonds is 4. The molecule has 0 aromatic heterocycles. The lowest BCUT2D eigenvalue weighted by Crippen LogP contribution is -2.33. The van der Waals surface area contributed by atoms with Crippen molar-refractivity contribution in [1.82, 2.24) is 4.90 Å². The molecule has 0 spiro atoms. The van der Waals surface area contributed by atoms with Gasteiger partial charge in [0.1, 0.15) is 0 Å². The molecule has 2 unspecified atom stereocenters. The topological polar surface area (TPSA) is 12.5 Å². The van der Waals surface area contributed by atoms with Crippen molar-refractivity contribution in [3.05, 3.63) is 0 Å². The SMILES string of the molecule is CC(Br)CCN(C)C1CCOC1. The molecule has 0 aliphatic carbocycles. The predicted octanol–water partition coefficient (Wildman–Crippen LogP) is 1.88. The molecule has 12 heavy (non-hydrogen) atoms. The van der Waals surface area contributed by atoms with E-state index in [1.807, 2.05) is 0 Å². The van der Waals surface area contributed by atoms with Gasteiger partial charge < -0.3 is 9.64 Å². The van der Waals surface area contributed by atoms with Gasteiger partial charge in [-0.15, -0.1) is 0 Å². The first kappa shape index (κ1) is 10.5. The van der Waals surface area contributed by atoms with Gasteiger partial charge in [-0.3, -0.25) is 0 Å². The number of hydrogen-bond donors (Lipinski definition) is 0. The molecule has 1 heterocycles. The monoisotopic (exact) mass is 235 g/mol. The summed E-state index contributed by atoms with van der Waals surface area (Å²) in [5, 5.41) is 0. The van der Waals surface area contributed by atoms with Gasteiger partial charge >= 0.3 is 0 Å². The highest BCUT2D eigenvalue weighted by atomic mass is 79.9. The van der Waals surface area contributed by atoms with Crippen LogP contribution < -0.4 is 0 Å². The molecule has 0 N–H and O–H groups in total. The summed E-state index contributed by atoms with van der Waals surface area (Å²) in [7, 11) is 2.19. The molecule has 0 bridgehead atoms. The van der Waals surface area contributed by atoms with Crippen molar-refractivity contribution in [2.75, 3.05) is 26.8 Å². The molecule has 0 radical (unpaired) electrons. The highest BCUT2D eigenvalue weighted by Crippen LogP contribution is 2.12. The summed E-state index contributed by atoms with van der Waals surface area (Å²) in [5.41, 5.74) is 0. The van der Waals surface area contributed by atoms with Crippen LogP contribution in [0.1, 0.15) is 19.8 Å². The lowest BCUT2D eigenvalue weighted by molar-refractivity contribution is 0.159. The van der Waals surface area contributed by atoms with Gasteiger partial charge in [0.2, 0.25) is 0 Å². The first-order valence-electron chi connectivity index (χ1n) is 4.62. The van der Waals surface area contributed by atoms with Gasteiger partial charge in [-0.2, -0.15) is 0 Å². The highest BCUT2D eigenvalue weighted by Gasteiger charge is 2.19. The van der Waals surface area contributed by atoms with E-state index in [0.717, 1.165) is 13.2 Å². The van der Waals surface area contributed by atoms with Crippen molar-refractivity contribution in [2.45, 2.75) is 30.6 Å². The first-order valence-corrected chi connectivity index (χ1v) is 5.53. The quantitative estimate of drug-likeness (QED) is 0.691. The minimum absolute atomic E-state index is 0.627. The zero-order valence-corrected chi connectivity index (χ0v) is 9.51. The molecule has 0 amide bonds. The summed E-state index contributed by atoms with van der Waals surface area (Å²) in [5.74, 6) is 0. The number of nitrogens with zero attached hydrogens (tertiary/aromatic N) is 1. The third-order valence-electron chi connectivity index (χ3n) is 2.41. The van der Waals surface area contributed by atoms with Gasteiger partial charge in [-0.05, 0) is 26.4 Å². The maximum Gasteiger partial charge on any atom is 0.0622 e. The summed E-state index contributed by atoms with van der Waals surface area (Å²) in [6, 6.07) is 0.663. The van der Waals surface area contributed by atoms with E-state index in [4.69, 9.17) is 4.74 Å². The van der Waals surface area contributed by atoms with Gasteiger partial charge in [-0.1, -0.05) is 22.9 Å². The Bertz CT molecular complexity index is 124. The van der Waals surface area contributed by atoms with Crippen LogP contribution in [0.25, 0.3) is 0 Å². The smallest absolute Gasteiger partial charge is 0.0622 e. The minimum Gasteiger partial charge on any atom is -0.380 e. The maximum atomic E-state index is 5.33. The maximum absolute atomic E-state index is 5.33. The van der Waals surface area contributed by atoms with E-state index < -0.39 is 0 Å². The molecule has 2 nitrogen and oxygen atoms in total. The van der Waals surface area contributed by atoms with Crippen LogP contribution in [0, 0.1) is 0 Å². The Morgan fingerprint density at radius 2 is 2.42 bits per heavy atom. The van der Waals surface area contributed by atoms with E-state index in [2.05, 4.69) is 34.8 Å². The zero-order valence-electron chi connectivity index (χ0n) is 7.92. The van der Waals surface area contributed by atoms with Crippen molar-refractivity contribution in [3.63, 3.8) is 0 Å². The molecular weight excluding hydrogens is 218 g/mol. The average Bonchev–Trinajstić information content (AvgIpc) is 2.51. The summed E-state index contributed by atoms with van der Waals surface area (Å²) < 4.78 is 5.33. The van der Waals surface area contributed by atoms with E-state index in [1.165, 1.54) is 19.4 Å². The van der Waals surface area contributed by atoms with Gasteiger partial charge in [0, 0.05) is 17.5 Å². The van der Waals surface area contributed by atoms with Crippen molar-refractivity contribution in [3.8, 4) is 0 Å². The molecule has 1 saturated heterocycles. The Labute approximate surface area is 83.4 Å². The van der Waals surface area contributed by atoms with Crippen LogP contribution in [0.5, 0.6) is 0 Å². The van der Waals surface area contributed by atoms with E-state index in [-0.39, 0.29) is 0 Å².